The molecule has 0 amide bonds. The molecule has 0 saturated carbocycles. The van der Waals surface area contributed by atoms with Crippen LogP contribution >= 0.6 is 11.3 Å². The predicted octanol–water partition coefficient (Wildman–Crippen LogP) is 4.40. The fraction of sp³-hybridized carbons (Fsp3) is 0.0500. The van der Waals surface area contributed by atoms with Crippen LogP contribution in [0.3, 0.4) is 0 Å². The number of pyridine rings is 1. The molecule has 26 heavy (non-hydrogen) atoms. The lowest BCUT2D eigenvalue weighted by molar-refractivity contribution is 0.687. The van der Waals surface area contributed by atoms with Crippen molar-refractivity contribution in [3.05, 3.63) is 77.6 Å². The van der Waals surface area contributed by atoms with Crippen LogP contribution in [0.4, 0.5) is 0 Å². The molecule has 5 nitrogen and oxygen atoms in total. The number of nitrogens with zero attached hydrogens (tertiary/aromatic N) is 4. The SMILES string of the molecule is [c]1nc(-c2cnc3[nH]cc(-c4cnn(Cc5ccccc5)c4)c3c2)cs1. The molecule has 1 radical (unpaired) electrons. The van der Waals surface area contributed by atoms with Crippen LogP contribution in [0.15, 0.2) is 66.6 Å². The predicted molar refractivity (Wildman–Crippen MR) is 103 cm³/mol. The van der Waals surface area contributed by atoms with Crippen molar-refractivity contribution in [1.82, 2.24) is 24.7 Å². The normalized spacial score (nSPS) is 11.2. The van der Waals surface area contributed by atoms with Crippen molar-refractivity contribution in [2.45, 2.75) is 6.54 Å². The Bertz CT molecular complexity index is 1160. The van der Waals surface area contributed by atoms with Gasteiger partial charge in [-0.2, -0.15) is 5.10 Å². The highest BCUT2D eigenvalue weighted by molar-refractivity contribution is 7.07. The van der Waals surface area contributed by atoms with E-state index in [1.807, 2.05) is 46.9 Å². The largest absolute Gasteiger partial charge is 0.346 e. The zero-order chi connectivity index (χ0) is 17.3. The first kappa shape index (κ1) is 15.0. The Morgan fingerprint density at radius 1 is 1.12 bits per heavy atom. The van der Waals surface area contributed by atoms with Gasteiger partial charge in [0.25, 0.3) is 0 Å². The summed E-state index contributed by atoms with van der Waals surface area (Å²) in [4.78, 5) is 12.0. The second-order valence-electron chi connectivity index (χ2n) is 6.06. The summed E-state index contributed by atoms with van der Waals surface area (Å²) in [6.45, 7) is 0.751. The molecule has 1 aromatic carbocycles. The summed E-state index contributed by atoms with van der Waals surface area (Å²) in [6.07, 6.45) is 7.79. The van der Waals surface area contributed by atoms with Gasteiger partial charge in [0.2, 0.25) is 0 Å². The molecule has 125 valence electrons. The summed E-state index contributed by atoms with van der Waals surface area (Å²) >= 11 is 1.46. The average Bonchev–Trinajstić information content (AvgIpc) is 3.42. The van der Waals surface area contributed by atoms with E-state index in [0.717, 1.165) is 40.0 Å². The lowest BCUT2D eigenvalue weighted by Crippen LogP contribution is -1.99. The minimum atomic E-state index is 0.751. The maximum absolute atomic E-state index is 4.53. The van der Waals surface area contributed by atoms with Gasteiger partial charge in [0.1, 0.15) is 5.65 Å². The van der Waals surface area contributed by atoms with Crippen LogP contribution in [-0.4, -0.2) is 24.7 Å². The second kappa shape index (κ2) is 6.24. The minimum Gasteiger partial charge on any atom is -0.346 e. The van der Waals surface area contributed by atoms with Crippen molar-refractivity contribution in [1.29, 1.82) is 0 Å². The van der Waals surface area contributed by atoms with Gasteiger partial charge in [-0.05, 0) is 11.6 Å². The molecule has 0 aliphatic rings. The van der Waals surface area contributed by atoms with E-state index in [2.05, 4.69) is 50.0 Å². The standard InChI is InChI=1S/C20H14N5S/c1-2-4-14(5-3-1)10-25-11-16(8-24-25)18-9-22-20-17(18)6-15(7-21-20)19-12-26-13-23-19/h1-9,11-12H,10H2,(H,21,22). The number of rotatable bonds is 4. The average molecular weight is 356 g/mol. The Labute approximate surface area is 154 Å². The van der Waals surface area contributed by atoms with Gasteiger partial charge in [0.05, 0.1) is 18.4 Å². The molecule has 0 fully saturated rings. The van der Waals surface area contributed by atoms with Crippen molar-refractivity contribution in [2.24, 2.45) is 0 Å². The van der Waals surface area contributed by atoms with E-state index in [1.165, 1.54) is 16.9 Å². The zero-order valence-electron chi connectivity index (χ0n) is 13.8. The van der Waals surface area contributed by atoms with Gasteiger partial charge in [-0.1, -0.05) is 30.3 Å². The summed E-state index contributed by atoms with van der Waals surface area (Å²) in [5.41, 5.74) is 9.02. The zero-order valence-corrected chi connectivity index (χ0v) is 14.6. The Hall–Kier alpha value is -3.25. The molecule has 1 N–H and O–H groups in total. The fourth-order valence-corrected chi connectivity index (χ4v) is 3.56. The third-order valence-electron chi connectivity index (χ3n) is 4.35. The second-order valence-corrected chi connectivity index (χ2v) is 6.71. The van der Waals surface area contributed by atoms with E-state index >= 15 is 0 Å². The van der Waals surface area contributed by atoms with Gasteiger partial charge in [0, 0.05) is 46.0 Å². The molecular formula is C20H14N5S. The third kappa shape index (κ3) is 2.70. The van der Waals surface area contributed by atoms with E-state index in [1.54, 1.807) is 0 Å². The molecule has 4 aromatic heterocycles. The number of aromatic nitrogens is 5. The summed E-state index contributed by atoms with van der Waals surface area (Å²) in [5.74, 6) is 0. The number of benzene rings is 1. The lowest BCUT2D eigenvalue weighted by Gasteiger charge is -2.01. The van der Waals surface area contributed by atoms with Gasteiger partial charge in [0.15, 0.2) is 5.51 Å². The van der Waals surface area contributed by atoms with E-state index in [-0.39, 0.29) is 0 Å². The van der Waals surface area contributed by atoms with Crippen molar-refractivity contribution < 1.29 is 0 Å². The molecule has 4 heterocycles. The minimum absolute atomic E-state index is 0.751. The number of thiazole rings is 1. The quantitative estimate of drug-likeness (QED) is 0.519. The molecule has 0 saturated heterocycles. The van der Waals surface area contributed by atoms with Crippen LogP contribution in [0.1, 0.15) is 5.56 Å². The first-order chi connectivity index (χ1) is 12.9. The molecule has 0 spiro atoms. The molecule has 0 aliphatic carbocycles. The monoisotopic (exact) mass is 356 g/mol. The molecule has 0 aliphatic heterocycles. The Kier molecular flexibility index (Phi) is 3.61. The smallest absolute Gasteiger partial charge is 0.152 e. The number of hydrogen-bond acceptors (Lipinski definition) is 4. The van der Waals surface area contributed by atoms with Crippen molar-refractivity contribution >= 4 is 22.4 Å². The highest BCUT2D eigenvalue weighted by Gasteiger charge is 2.11. The Morgan fingerprint density at radius 2 is 2.04 bits per heavy atom. The maximum atomic E-state index is 4.53. The summed E-state index contributed by atoms with van der Waals surface area (Å²) < 4.78 is 1.95. The molecule has 0 unspecified atom stereocenters. The number of hydrogen-bond donors (Lipinski definition) is 1. The third-order valence-corrected chi connectivity index (χ3v) is 4.89. The lowest BCUT2D eigenvalue weighted by atomic mass is 10.1. The number of fused-ring (bicyclic) bond motifs is 1. The van der Waals surface area contributed by atoms with Crippen LogP contribution in [0.25, 0.3) is 33.4 Å². The van der Waals surface area contributed by atoms with Crippen molar-refractivity contribution in [2.75, 3.05) is 0 Å². The van der Waals surface area contributed by atoms with Crippen LogP contribution in [0, 0.1) is 5.51 Å². The first-order valence-corrected chi connectivity index (χ1v) is 9.10. The van der Waals surface area contributed by atoms with E-state index in [9.17, 15) is 0 Å². The molecule has 5 rings (SSSR count). The first-order valence-electron chi connectivity index (χ1n) is 8.23. The van der Waals surface area contributed by atoms with Gasteiger partial charge in [-0.15, -0.1) is 11.3 Å². The molecule has 0 bridgehead atoms. The number of nitrogens with one attached hydrogen (secondary N) is 1. The molecule has 0 atom stereocenters. The highest BCUT2D eigenvalue weighted by atomic mass is 32.1. The number of H-pyrrole nitrogens is 1. The molecule has 5 aromatic rings. The van der Waals surface area contributed by atoms with Crippen LogP contribution in [-0.2, 0) is 6.54 Å². The van der Waals surface area contributed by atoms with E-state index in [0.29, 0.717) is 0 Å². The maximum Gasteiger partial charge on any atom is 0.152 e. The van der Waals surface area contributed by atoms with Crippen molar-refractivity contribution in [3.63, 3.8) is 0 Å². The molecule has 6 heteroatoms. The van der Waals surface area contributed by atoms with Crippen LogP contribution in [0.5, 0.6) is 0 Å². The summed E-state index contributed by atoms with van der Waals surface area (Å²) in [6, 6.07) is 12.4. The summed E-state index contributed by atoms with van der Waals surface area (Å²) in [5, 5.41) is 7.56. The van der Waals surface area contributed by atoms with E-state index in [4.69, 9.17) is 0 Å². The van der Waals surface area contributed by atoms with Gasteiger partial charge < -0.3 is 4.98 Å². The Balaban J connectivity index is 1.52. The van der Waals surface area contributed by atoms with Gasteiger partial charge >= 0.3 is 0 Å². The number of aromatic amines is 1. The highest BCUT2D eigenvalue weighted by Crippen LogP contribution is 2.30. The van der Waals surface area contributed by atoms with Crippen molar-refractivity contribution in [3.8, 4) is 22.4 Å². The van der Waals surface area contributed by atoms with E-state index < -0.39 is 0 Å². The topological polar surface area (TPSA) is 59.4 Å². The van der Waals surface area contributed by atoms with Crippen LogP contribution in [0.2, 0.25) is 0 Å². The summed E-state index contributed by atoms with van der Waals surface area (Å²) in [7, 11) is 0. The fourth-order valence-electron chi connectivity index (χ4n) is 3.06. The molecular weight excluding hydrogens is 342 g/mol. The van der Waals surface area contributed by atoms with Crippen LogP contribution < -0.4 is 0 Å². The van der Waals surface area contributed by atoms with Gasteiger partial charge in [-0.25, -0.2) is 9.97 Å². The Morgan fingerprint density at radius 3 is 2.88 bits per heavy atom. The van der Waals surface area contributed by atoms with Gasteiger partial charge in [-0.3, -0.25) is 4.68 Å².